The third kappa shape index (κ3) is 5.29. The molecule has 0 aliphatic carbocycles. The maximum absolute atomic E-state index is 14.2. The molecule has 1 aliphatic heterocycles. The number of nitrogens with zero attached hydrogens (tertiary/aromatic N) is 3. The van der Waals surface area contributed by atoms with Crippen LogP contribution in [0, 0.1) is 17.0 Å². The van der Waals surface area contributed by atoms with Gasteiger partial charge in [-0.3, -0.25) is 5.41 Å². The number of methoxy groups -OCH3 is 1. The molecule has 0 unspecified atom stereocenters. The number of allylic oxidation sites excluding steroid dienone is 1. The normalized spacial score (nSPS) is 16.2. The second-order valence-corrected chi connectivity index (χ2v) is 8.88. The largest absolute Gasteiger partial charge is 0.482 e. The lowest BCUT2D eigenvalue weighted by Crippen LogP contribution is -2.41. The lowest BCUT2D eigenvalue weighted by Gasteiger charge is -2.27. The summed E-state index contributed by atoms with van der Waals surface area (Å²) in [5, 5.41) is 11.1. The molecule has 1 saturated heterocycles. The number of anilines is 1. The number of halogens is 2. The Balaban J connectivity index is 1.74. The predicted molar refractivity (Wildman–Crippen MR) is 108 cm³/mol. The summed E-state index contributed by atoms with van der Waals surface area (Å²) in [5.41, 5.74) is 0.270. The van der Waals surface area contributed by atoms with Crippen LogP contribution < -0.4 is 10.2 Å². The second kappa shape index (κ2) is 9.16. The van der Waals surface area contributed by atoms with E-state index in [2.05, 4.69) is 15.3 Å². The van der Waals surface area contributed by atoms with Crippen molar-refractivity contribution in [2.24, 2.45) is 0 Å². The van der Waals surface area contributed by atoms with Gasteiger partial charge >= 0.3 is 0 Å². The van der Waals surface area contributed by atoms with Crippen molar-refractivity contribution in [1.29, 1.82) is 5.41 Å². The Labute approximate surface area is 173 Å². The Morgan fingerprint density at radius 1 is 1.27 bits per heavy atom. The summed E-state index contributed by atoms with van der Waals surface area (Å²) in [5.74, 6) is -1.16. The third-order valence-corrected chi connectivity index (χ3v) is 6.13. The molecule has 0 saturated carbocycles. The van der Waals surface area contributed by atoms with Crippen LogP contribution >= 0.6 is 0 Å². The van der Waals surface area contributed by atoms with E-state index < -0.39 is 15.7 Å². The van der Waals surface area contributed by atoms with Crippen molar-refractivity contribution in [1.82, 2.24) is 15.3 Å². The summed E-state index contributed by atoms with van der Waals surface area (Å²) in [7, 11) is -1.74. The van der Waals surface area contributed by atoms with Crippen molar-refractivity contribution < 1.29 is 21.9 Å². The molecule has 8 nitrogen and oxygen atoms in total. The summed E-state index contributed by atoms with van der Waals surface area (Å²) < 4.78 is 56.3. The Morgan fingerprint density at radius 3 is 2.63 bits per heavy atom. The average Bonchev–Trinajstić information content (AvgIpc) is 2.72. The van der Waals surface area contributed by atoms with E-state index in [1.807, 2.05) is 0 Å². The van der Waals surface area contributed by atoms with Gasteiger partial charge in [0.05, 0.1) is 24.8 Å². The van der Waals surface area contributed by atoms with E-state index in [-0.39, 0.29) is 60.2 Å². The molecule has 2 heterocycles. The fourth-order valence-corrected chi connectivity index (χ4v) is 4.04. The van der Waals surface area contributed by atoms with Crippen molar-refractivity contribution in [3.05, 3.63) is 65.4 Å². The van der Waals surface area contributed by atoms with Gasteiger partial charge in [-0.15, -0.1) is 0 Å². The van der Waals surface area contributed by atoms with Gasteiger partial charge in [-0.2, -0.15) is 0 Å². The minimum Gasteiger partial charge on any atom is -0.482 e. The van der Waals surface area contributed by atoms with E-state index in [1.165, 1.54) is 24.2 Å². The van der Waals surface area contributed by atoms with E-state index in [0.717, 1.165) is 6.20 Å². The smallest absolute Gasteiger partial charge is 0.188 e. The van der Waals surface area contributed by atoms with Gasteiger partial charge < -0.3 is 15.0 Å². The molecular weight excluding hydrogens is 416 g/mol. The van der Waals surface area contributed by atoms with Gasteiger partial charge in [-0.1, -0.05) is 18.2 Å². The molecule has 3 rings (SSSR count). The number of rotatable bonds is 7. The zero-order valence-electron chi connectivity index (χ0n) is 16.2. The molecular formula is C19H21F2N5O3S. The maximum Gasteiger partial charge on any atom is 0.188 e. The highest BCUT2D eigenvalue weighted by molar-refractivity contribution is 7.91. The van der Waals surface area contributed by atoms with Crippen LogP contribution in [0.4, 0.5) is 14.6 Å². The zero-order chi connectivity index (χ0) is 21.7. The Morgan fingerprint density at radius 2 is 1.97 bits per heavy atom. The summed E-state index contributed by atoms with van der Waals surface area (Å²) >= 11 is 0. The van der Waals surface area contributed by atoms with Gasteiger partial charge in [-0.05, 0) is 6.07 Å². The van der Waals surface area contributed by atoms with Crippen molar-refractivity contribution in [2.45, 2.75) is 6.54 Å². The minimum atomic E-state index is -3.13. The predicted octanol–water partition coefficient (Wildman–Crippen LogP) is 1.64. The summed E-state index contributed by atoms with van der Waals surface area (Å²) in [4.78, 5) is 9.45. The number of benzene rings is 1. The lowest BCUT2D eigenvalue weighted by atomic mass is 10.2. The molecule has 11 heteroatoms. The first-order valence-electron chi connectivity index (χ1n) is 9.09. The van der Waals surface area contributed by atoms with E-state index in [1.54, 1.807) is 18.2 Å². The number of sulfone groups is 1. The van der Waals surface area contributed by atoms with Crippen LogP contribution in [0.1, 0.15) is 11.4 Å². The molecule has 0 radical (unpaired) electrons. The maximum atomic E-state index is 14.2. The monoisotopic (exact) mass is 437 g/mol. The van der Waals surface area contributed by atoms with Crippen LogP contribution in [0.5, 0.6) is 0 Å². The van der Waals surface area contributed by atoms with Crippen molar-refractivity contribution >= 4 is 21.4 Å². The average molecular weight is 437 g/mol. The zero-order valence-corrected chi connectivity index (χ0v) is 17.0. The van der Waals surface area contributed by atoms with Crippen LogP contribution in [0.15, 0.2) is 42.4 Å². The molecule has 160 valence electrons. The van der Waals surface area contributed by atoms with Crippen molar-refractivity contribution in [3.63, 3.8) is 0 Å². The first kappa shape index (κ1) is 21.6. The quantitative estimate of drug-likeness (QED) is 0.501. The van der Waals surface area contributed by atoms with Gasteiger partial charge in [0.25, 0.3) is 0 Å². The Kier molecular flexibility index (Phi) is 6.60. The Bertz CT molecular complexity index is 1060. The number of hydrogen-bond acceptors (Lipinski definition) is 8. The van der Waals surface area contributed by atoms with Gasteiger partial charge in [-0.25, -0.2) is 27.2 Å². The van der Waals surface area contributed by atoms with Crippen molar-refractivity contribution in [2.75, 3.05) is 36.6 Å². The molecule has 0 atom stereocenters. The minimum absolute atomic E-state index is 0.0497. The number of nitrogens with one attached hydrogen (secondary N) is 2. The first-order valence-corrected chi connectivity index (χ1v) is 10.9. The van der Waals surface area contributed by atoms with Crippen molar-refractivity contribution in [3.8, 4) is 0 Å². The van der Waals surface area contributed by atoms with Crippen LogP contribution in [-0.4, -0.2) is 55.8 Å². The molecule has 2 N–H and O–H groups in total. The number of aromatic nitrogens is 2. The van der Waals surface area contributed by atoms with E-state index >= 15 is 0 Å². The van der Waals surface area contributed by atoms with Crippen LogP contribution in [0.2, 0.25) is 0 Å². The summed E-state index contributed by atoms with van der Waals surface area (Å²) in [6, 6.07) is 6.25. The van der Waals surface area contributed by atoms with Crippen LogP contribution in [0.25, 0.3) is 0 Å². The van der Waals surface area contributed by atoms with Crippen LogP contribution in [-0.2, 0) is 21.1 Å². The SMILES string of the molecule is CO/C(=C/C(=N)c1ncc(F)c(N2CCS(=O)(=O)CC2)n1)NCc1ccccc1F. The summed E-state index contributed by atoms with van der Waals surface area (Å²) in [6.07, 6.45) is 2.25. The molecule has 1 aromatic carbocycles. The molecule has 0 bridgehead atoms. The third-order valence-electron chi connectivity index (χ3n) is 4.52. The molecule has 0 amide bonds. The van der Waals surface area contributed by atoms with E-state index in [9.17, 15) is 17.2 Å². The van der Waals surface area contributed by atoms with Gasteiger partial charge in [0.15, 0.2) is 33.2 Å². The lowest BCUT2D eigenvalue weighted by molar-refractivity contribution is 0.260. The van der Waals surface area contributed by atoms with Crippen LogP contribution in [0.3, 0.4) is 0 Å². The highest BCUT2D eigenvalue weighted by Gasteiger charge is 2.25. The molecule has 30 heavy (non-hydrogen) atoms. The molecule has 0 spiro atoms. The fraction of sp³-hybridized carbons (Fsp3) is 0.316. The first-order chi connectivity index (χ1) is 14.3. The van der Waals surface area contributed by atoms with Gasteiger partial charge in [0.1, 0.15) is 11.5 Å². The highest BCUT2D eigenvalue weighted by atomic mass is 32.2. The standard InChI is InChI=1S/C19H21F2N5O3S/c1-29-17(23-11-13-4-2-3-5-14(13)20)10-16(22)18-24-12-15(21)19(25-18)26-6-8-30(27,28)9-7-26/h2-5,10,12,22-23H,6-9,11H2,1H3/b17-10+,22-16?. The molecule has 1 fully saturated rings. The van der Waals surface area contributed by atoms with E-state index in [0.29, 0.717) is 5.56 Å². The topological polar surface area (TPSA) is 108 Å². The second-order valence-electron chi connectivity index (χ2n) is 6.58. The number of hydrogen-bond donors (Lipinski definition) is 2. The van der Waals surface area contributed by atoms with Gasteiger partial charge in [0, 0.05) is 31.3 Å². The molecule has 1 aromatic heterocycles. The highest BCUT2D eigenvalue weighted by Crippen LogP contribution is 2.19. The molecule has 2 aromatic rings. The Hall–Kier alpha value is -3.08. The summed E-state index contributed by atoms with van der Waals surface area (Å²) in [6.45, 7) is 0.371. The van der Waals surface area contributed by atoms with Gasteiger partial charge in [0.2, 0.25) is 0 Å². The van der Waals surface area contributed by atoms with E-state index in [4.69, 9.17) is 10.1 Å². The number of ether oxygens (including phenoxy) is 1. The fourth-order valence-electron chi connectivity index (χ4n) is 2.84. The molecule has 1 aliphatic rings.